The van der Waals surface area contributed by atoms with Crippen LogP contribution >= 0.6 is 21.4 Å². The van der Waals surface area contributed by atoms with Crippen LogP contribution in [0.15, 0.2) is 11.4 Å². The lowest BCUT2D eigenvalue weighted by Gasteiger charge is -2.24. The SMILES string of the molecule is Cc1nn(C)c(F)c1C(=O)Nc1ccsc1CCS(C)(C)C. The lowest BCUT2D eigenvalue weighted by Crippen LogP contribution is -2.15. The predicted molar refractivity (Wildman–Crippen MR) is 94.1 cm³/mol. The average molecular weight is 343 g/mol. The van der Waals surface area contributed by atoms with Crippen molar-refractivity contribution >= 4 is 33.0 Å². The van der Waals surface area contributed by atoms with E-state index < -0.39 is 21.9 Å². The molecule has 0 radical (unpaired) electrons. The maximum Gasteiger partial charge on any atom is 0.262 e. The van der Waals surface area contributed by atoms with Crippen LogP contribution in [-0.4, -0.2) is 40.2 Å². The van der Waals surface area contributed by atoms with Gasteiger partial charge >= 0.3 is 0 Å². The Kier molecular flexibility index (Phi) is 4.97. The molecule has 0 saturated heterocycles. The van der Waals surface area contributed by atoms with Crippen LogP contribution < -0.4 is 5.32 Å². The van der Waals surface area contributed by atoms with Gasteiger partial charge in [0.2, 0.25) is 5.95 Å². The van der Waals surface area contributed by atoms with Crippen LogP contribution in [0.1, 0.15) is 20.9 Å². The van der Waals surface area contributed by atoms with E-state index in [1.54, 1.807) is 18.3 Å². The van der Waals surface area contributed by atoms with Gasteiger partial charge in [-0.25, -0.2) is 14.7 Å². The van der Waals surface area contributed by atoms with Gasteiger partial charge in [-0.05, 0) is 49.3 Å². The number of rotatable bonds is 5. The third-order valence-corrected chi connectivity index (χ3v) is 5.72. The van der Waals surface area contributed by atoms with Crippen LogP contribution in [-0.2, 0) is 13.5 Å². The molecule has 0 atom stereocenters. The normalized spacial score (nSPS) is 12.5. The van der Waals surface area contributed by atoms with Gasteiger partial charge in [0, 0.05) is 11.9 Å². The summed E-state index contributed by atoms with van der Waals surface area (Å²) < 4.78 is 15.0. The van der Waals surface area contributed by atoms with Gasteiger partial charge in [0.25, 0.3) is 5.91 Å². The Morgan fingerprint density at radius 1 is 1.45 bits per heavy atom. The molecule has 0 spiro atoms. The fourth-order valence-corrected chi connectivity index (χ4v) is 3.90. The second-order valence-electron chi connectivity index (χ2n) is 6.13. The molecule has 0 bridgehead atoms. The molecule has 2 aromatic rings. The molecule has 0 unspecified atom stereocenters. The van der Waals surface area contributed by atoms with Crippen molar-refractivity contribution < 1.29 is 9.18 Å². The molecule has 22 heavy (non-hydrogen) atoms. The van der Waals surface area contributed by atoms with Crippen LogP contribution in [0.4, 0.5) is 10.1 Å². The lowest BCUT2D eigenvalue weighted by molar-refractivity contribution is 0.102. The number of nitrogens with zero attached hydrogens (tertiary/aromatic N) is 2. The fraction of sp³-hybridized carbons (Fsp3) is 0.467. The largest absolute Gasteiger partial charge is 0.321 e. The number of halogens is 1. The van der Waals surface area contributed by atoms with E-state index in [-0.39, 0.29) is 5.56 Å². The summed E-state index contributed by atoms with van der Waals surface area (Å²) in [6.45, 7) is 1.63. The van der Waals surface area contributed by atoms with Gasteiger partial charge in [-0.2, -0.15) is 9.49 Å². The van der Waals surface area contributed by atoms with Crippen LogP contribution in [0.5, 0.6) is 0 Å². The lowest BCUT2D eigenvalue weighted by atomic mass is 10.2. The predicted octanol–water partition coefficient (Wildman–Crippen LogP) is 3.42. The highest BCUT2D eigenvalue weighted by Gasteiger charge is 2.21. The minimum atomic E-state index is -0.606. The molecule has 2 rings (SSSR count). The van der Waals surface area contributed by atoms with Gasteiger partial charge in [0.1, 0.15) is 5.56 Å². The molecule has 0 fully saturated rings. The number of carbonyl (C=O) groups is 1. The molecule has 7 heteroatoms. The topological polar surface area (TPSA) is 46.9 Å². The van der Waals surface area contributed by atoms with E-state index in [9.17, 15) is 9.18 Å². The number of aryl methyl sites for hydroxylation is 3. The number of amides is 1. The van der Waals surface area contributed by atoms with Crippen LogP contribution in [0, 0.1) is 12.9 Å². The van der Waals surface area contributed by atoms with Crippen LogP contribution in [0.25, 0.3) is 0 Å². The fourth-order valence-electron chi connectivity index (χ4n) is 2.12. The second-order valence-corrected chi connectivity index (χ2v) is 11.7. The molecular weight excluding hydrogens is 321 g/mol. The molecule has 122 valence electrons. The molecule has 2 aromatic heterocycles. The van der Waals surface area contributed by atoms with Crippen molar-refractivity contribution in [1.29, 1.82) is 0 Å². The minimum Gasteiger partial charge on any atom is -0.321 e. The van der Waals surface area contributed by atoms with Crippen molar-refractivity contribution in [3.63, 3.8) is 0 Å². The minimum absolute atomic E-state index is 0.0149. The van der Waals surface area contributed by atoms with Crippen molar-refractivity contribution in [2.24, 2.45) is 7.05 Å². The Balaban J connectivity index is 2.14. The van der Waals surface area contributed by atoms with E-state index >= 15 is 0 Å². The molecule has 0 aliphatic heterocycles. The molecule has 0 aliphatic rings. The van der Waals surface area contributed by atoms with Crippen molar-refractivity contribution in [2.75, 3.05) is 29.8 Å². The number of hydrogen-bond acceptors (Lipinski definition) is 3. The van der Waals surface area contributed by atoms with Gasteiger partial charge in [-0.3, -0.25) is 4.79 Å². The Morgan fingerprint density at radius 3 is 2.68 bits per heavy atom. The molecule has 1 amide bonds. The Labute approximate surface area is 136 Å². The van der Waals surface area contributed by atoms with Gasteiger partial charge in [-0.1, -0.05) is 0 Å². The number of thiophene rings is 1. The third-order valence-electron chi connectivity index (χ3n) is 3.31. The van der Waals surface area contributed by atoms with Crippen molar-refractivity contribution in [3.8, 4) is 0 Å². The number of aromatic nitrogens is 2. The second kappa shape index (κ2) is 6.42. The quantitative estimate of drug-likeness (QED) is 0.904. The number of hydrogen-bond donors (Lipinski definition) is 1. The van der Waals surface area contributed by atoms with E-state index in [1.807, 2.05) is 11.4 Å². The summed E-state index contributed by atoms with van der Waals surface area (Å²) in [5, 5.41) is 8.72. The molecule has 2 heterocycles. The highest BCUT2D eigenvalue weighted by atomic mass is 32.3. The molecule has 0 aliphatic carbocycles. The molecule has 0 saturated carbocycles. The number of anilines is 1. The number of nitrogens with one attached hydrogen (secondary N) is 1. The number of carbonyl (C=O) groups excluding carboxylic acids is 1. The van der Waals surface area contributed by atoms with E-state index in [0.717, 1.165) is 27.4 Å². The zero-order valence-electron chi connectivity index (χ0n) is 13.6. The van der Waals surface area contributed by atoms with Crippen LogP contribution in [0.3, 0.4) is 0 Å². The molecule has 0 aromatic carbocycles. The summed E-state index contributed by atoms with van der Waals surface area (Å²) >= 11 is 1.63. The molecule has 4 nitrogen and oxygen atoms in total. The summed E-state index contributed by atoms with van der Waals surface area (Å²) in [5.74, 6) is 0.0631. The van der Waals surface area contributed by atoms with E-state index in [4.69, 9.17) is 0 Å². The maximum absolute atomic E-state index is 14.0. The van der Waals surface area contributed by atoms with E-state index in [2.05, 4.69) is 29.2 Å². The first kappa shape index (κ1) is 17.0. The zero-order valence-corrected chi connectivity index (χ0v) is 15.2. The Hall–Kier alpha value is -1.34. The monoisotopic (exact) mass is 343 g/mol. The zero-order chi connectivity index (χ0) is 16.5. The van der Waals surface area contributed by atoms with Crippen molar-refractivity contribution in [3.05, 3.63) is 33.5 Å². The van der Waals surface area contributed by atoms with Crippen molar-refractivity contribution in [1.82, 2.24) is 9.78 Å². The summed E-state index contributed by atoms with van der Waals surface area (Å²) in [5.41, 5.74) is 1.19. The first-order valence-corrected chi connectivity index (χ1v) is 10.8. The average Bonchev–Trinajstić information content (AvgIpc) is 2.92. The summed E-state index contributed by atoms with van der Waals surface area (Å²) in [6.07, 6.45) is 7.74. The standard InChI is InChI=1S/C15H22FN3OS2/c1-10-13(14(16)19(2)18-10)15(20)17-11-6-8-21-12(11)7-9-22(3,4)5/h6,8H,7,9H2,1-5H3,(H,17,20). The first-order valence-electron chi connectivity index (χ1n) is 6.92. The Bertz CT molecular complexity index is 686. The van der Waals surface area contributed by atoms with Gasteiger partial charge < -0.3 is 5.32 Å². The maximum atomic E-state index is 14.0. The van der Waals surface area contributed by atoms with Crippen LogP contribution in [0.2, 0.25) is 0 Å². The van der Waals surface area contributed by atoms with E-state index in [0.29, 0.717) is 5.69 Å². The molecular formula is C15H22FN3OS2. The highest BCUT2D eigenvalue weighted by molar-refractivity contribution is 8.32. The first-order chi connectivity index (χ1) is 10.2. The van der Waals surface area contributed by atoms with E-state index in [1.165, 1.54) is 7.05 Å². The third kappa shape index (κ3) is 3.89. The highest BCUT2D eigenvalue weighted by Crippen LogP contribution is 2.37. The Morgan fingerprint density at radius 2 is 2.14 bits per heavy atom. The van der Waals surface area contributed by atoms with Gasteiger partial charge in [-0.15, -0.1) is 11.3 Å². The summed E-state index contributed by atoms with van der Waals surface area (Å²) in [7, 11) is 0.900. The van der Waals surface area contributed by atoms with Crippen molar-refractivity contribution in [2.45, 2.75) is 13.3 Å². The smallest absolute Gasteiger partial charge is 0.262 e. The van der Waals surface area contributed by atoms with Gasteiger partial charge in [0.15, 0.2) is 0 Å². The molecule has 1 N–H and O–H groups in total. The summed E-state index contributed by atoms with van der Waals surface area (Å²) in [4.78, 5) is 13.5. The van der Waals surface area contributed by atoms with Gasteiger partial charge in [0.05, 0.1) is 11.4 Å². The summed E-state index contributed by atoms with van der Waals surface area (Å²) in [6, 6.07) is 1.87.